The van der Waals surface area contributed by atoms with Gasteiger partial charge in [0.2, 0.25) is 0 Å². The number of likely N-dealkylation sites (tertiary alicyclic amines) is 1. The molecule has 7 heteroatoms. The van der Waals surface area contributed by atoms with Crippen molar-refractivity contribution in [2.75, 3.05) is 18.4 Å². The smallest absolute Gasteiger partial charge is 0.321 e. The van der Waals surface area contributed by atoms with Gasteiger partial charge in [-0.1, -0.05) is 6.92 Å². The predicted octanol–water partition coefficient (Wildman–Crippen LogP) is 4.88. The van der Waals surface area contributed by atoms with Crippen LogP contribution in [0.2, 0.25) is 0 Å². The Bertz CT molecular complexity index is 1160. The van der Waals surface area contributed by atoms with Crippen LogP contribution in [-0.4, -0.2) is 44.0 Å². The Labute approximate surface area is 174 Å². The van der Waals surface area contributed by atoms with Gasteiger partial charge in [-0.15, -0.1) is 0 Å². The highest BCUT2D eigenvalue weighted by molar-refractivity contribution is 5.93. The average molecular weight is 400 g/mol. The molecule has 3 aromatic heterocycles. The fraction of sp³-hybridized carbons (Fsp3) is 0.261. The van der Waals surface area contributed by atoms with E-state index in [-0.39, 0.29) is 6.03 Å². The molecule has 1 aliphatic rings. The van der Waals surface area contributed by atoms with Gasteiger partial charge in [-0.25, -0.2) is 14.8 Å². The molecule has 1 fully saturated rings. The fourth-order valence-electron chi connectivity index (χ4n) is 3.88. The molecule has 0 spiro atoms. The van der Waals surface area contributed by atoms with Crippen molar-refractivity contribution in [3.05, 3.63) is 54.9 Å². The molecule has 7 nitrogen and oxygen atoms in total. The highest BCUT2D eigenvalue weighted by Crippen LogP contribution is 2.30. The minimum Gasteiger partial charge on any atom is -0.360 e. The van der Waals surface area contributed by atoms with E-state index in [1.54, 1.807) is 0 Å². The number of amides is 2. The van der Waals surface area contributed by atoms with E-state index in [1.165, 1.54) is 0 Å². The van der Waals surface area contributed by atoms with Gasteiger partial charge >= 0.3 is 6.03 Å². The molecule has 5 rings (SSSR count). The van der Waals surface area contributed by atoms with Crippen molar-refractivity contribution in [1.29, 1.82) is 0 Å². The number of fused-ring (bicyclic) bond motifs is 1. The SMILES string of the molecule is CC1CCN(C(=O)Nc2ccc3nc(-c4ccc[nH]4)c(-c4ccc[nH]4)nc3c2)CC1. The Kier molecular flexibility index (Phi) is 4.71. The normalized spacial score (nSPS) is 14.9. The minimum absolute atomic E-state index is 0.0539. The largest absolute Gasteiger partial charge is 0.360 e. The first-order valence-corrected chi connectivity index (χ1v) is 10.3. The van der Waals surface area contributed by atoms with Crippen LogP contribution in [0.5, 0.6) is 0 Å². The number of aromatic nitrogens is 4. The number of carbonyl (C=O) groups is 1. The number of nitrogens with zero attached hydrogens (tertiary/aromatic N) is 3. The first kappa shape index (κ1) is 18.4. The zero-order valence-corrected chi connectivity index (χ0v) is 16.9. The van der Waals surface area contributed by atoms with Crippen molar-refractivity contribution in [3.8, 4) is 22.8 Å². The van der Waals surface area contributed by atoms with Crippen LogP contribution in [0.1, 0.15) is 19.8 Å². The van der Waals surface area contributed by atoms with E-state index in [4.69, 9.17) is 9.97 Å². The molecule has 3 N–H and O–H groups in total. The maximum absolute atomic E-state index is 12.6. The molecule has 4 heterocycles. The van der Waals surface area contributed by atoms with Gasteiger partial charge in [-0.2, -0.15) is 0 Å². The van der Waals surface area contributed by atoms with E-state index in [2.05, 4.69) is 22.2 Å². The molecule has 0 bridgehead atoms. The van der Waals surface area contributed by atoms with Crippen LogP contribution in [0.15, 0.2) is 54.9 Å². The van der Waals surface area contributed by atoms with Gasteiger partial charge in [-0.3, -0.25) is 0 Å². The number of hydrogen-bond acceptors (Lipinski definition) is 3. The zero-order valence-electron chi connectivity index (χ0n) is 16.9. The lowest BCUT2D eigenvalue weighted by atomic mass is 10.00. The van der Waals surface area contributed by atoms with E-state index in [9.17, 15) is 4.79 Å². The second-order valence-electron chi connectivity index (χ2n) is 7.89. The Hall–Kier alpha value is -3.61. The molecular weight excluding hydrogens is 376 g/mol. The summed E-state index contributed by atoms with van der Waals surface area (Å²) in [5.74, 6) is 0.685. The first-order chi connectivity index (χ1) is 14.7. The lowest BCUT2D eigenvalue weighted by Crippen LogP contribution is -2.40. The number of aromatic amines is 2. The van der Waals surface area contributed by atoms with Crippen LogP contribution >= 0.6 is 0 Å². The molecular formula is C23H24N6O. The summed E-state index contributed by atoms with van der Waals surface area (Å²) < 4.78 is 0. The third kappa shape index (κ3) is 3.54. The minimum atomic E-state index is -0.0539. The van der Waals surface area contributed by atoms with Gasteiger partial charge < -0.3 is 20.2 Å². The summed E-state index contributed by atoms with van der Waals surface area (Å²) in [5, 5.41) is 3.02. The summed E-state index contributed by atoms with van der Waals surface area (Å²) in [5.41, 5.74) is 5.60. The molecule has 1 aromatic carbocycles. The summed E-state index contributed by atoms with van der Waals surface area (Å²) in [4.78, 5) is 30.7. The number of benzene rings is 1. The Morgan fingerprint density at radius 1 is 0.967 bits per heavy atom. The molecule has 0 unspecified atom stereocenters. The van der Waals surface area contributed by atoms with Gasteiger partial charge in [0.15, 0.2) is 0 Å². The maximum atomic E-state index is 12.6. The number of anilines is 1. The van der Waals surface area contributed by atoms with Crippen LogP contribution in [0.25, 0.3) is 33.8 Å². The third-order valence-electron chi connectivity index (χ3n) is 5.69. The first-order valence-electron chi connectivity index (χ1n) is 10.3. The molecule has 1 saturated heterocycles. The number of hydrogen-bond donors (Lipinski definition) is 3. The number of H-pyrrole nitrogens is 2. The summed E-state index contributed by atoms with van der Waals surface area (Å²) in [6, 6.07) is 13.5. The fourth-order valence-corrected chi connectivity index (χ4v) is 3.88. The molecule has 152 valence electrons. The summed E-state index contributed by atoms with van der Waals surface area (Å²) in [7, 11) is 0. The number of nitrogens with one attached hydrogen (secondary N) is 3. The Morgan fingerprint density at radius 3 is 2.20 bits per heavy atom. The second-order valence-corrected chi connectivity index (χ2v) is 7.89. The molecule has 1 aliphatic heterocycles. The Balaban J connectivity index is 1.48. The number of urea groups is 1. The third-order valence-corrected chi connectivity index (χ3v) is 5.69. The second kappa shape index (κ2) is 7.67. The van der Waals surface area contributed by atoms with Crippen LogP contribution < -0.4 is 5.32 Å². The lowest BCUT2D eigenvalue weighted by Gasteiger charge is -2.30. The van der Waals surface area contributed by atoms with Gasteiger partial charge in [0.1, 0.15) is 11.4 Å². The van der Waals surface area contributed by atoms with Gasteiger partial charge in [0.25, 0.3) is 0 Å². The zero-order chi connectivity index (χ0) is 20.5. The van der Waals surface area contributed by atoms with Crippen LogP contribution in [0.3, 0.4) is 0 Å². The van der Waals surface area contributed by atoms with E-state index < -0.39 is 0 Å². The van der Waals surface area contributed by atoms with Crippen LogP contribution in [-0.2, 0) is 0 Å². The van der Waals surface area contributed by atoms with Crippen molar-refractivity contribution >= 4 is 22.8 Å². The van der Waals surface area contributed by atoms with E-state index >= 15 is 0 Å². The lowest BCUT2D eigenvalue weighted by molar-refractivity contribution is 0.186. The van der Waals surface area contributed by atoms with E-state index in [1.807, 2.05) is 59.8 Å². The molecule has 0 atom stereocenters. The molecule has 0 saturated carbocycles. The van der Waals surface area contributed by atoms with Crippen molar-refractivity contribution < 1.29 is 4.79 Å². The van der Waals surface area contributed by atoms with Gasteiger partial charge in [-0.05, 0) is 61.2 Å². The molecule has 4 aromatic rings. The monoisotopic (exact) mass is 400 g/mol. The topological polar surface area (TPSA) is 89.7 Å². The predicted molar refractivity (Wildman–Crippen MR) is 118 cm³/mol. The van der Waals surface area contributed by atoms with Crippen LogP contribution in [0.4, 0.5) is 10.5 Å². The molecule has 0 aliphatic carbocycles. The molecule has 0 radical (unpaired) electrons. The summed E-state index contributed by atoms with van der Waals surface area (Å²) in [6.07, 6.45) is 5.85. The van der Waals surface area contributed by atoms with Gasteiger partial charge in [0.05, 0.1) is 22.4 Å². The van der Waals surface area contributed by atoms with E-state index in [0.717, 1.165) is 65.4 Å². The highest BCUT2D eigenvalue weighted by Gasteiger charge is 2.20. The number of piperidine rings is 1. The average Bonchev–Trinajstić information content (AvgIpc) is 3.47. The van der Waals surface area contributed by atoms with Gasteiger partial charge in [0, 0.05) is 31.2 Å². The standard InChI is InChI=1S/C23H24N6O/c1-15-8-12-29(13-9-15)23(30)26-16-6-7-17-20(14-16)28-22(19-5-3-11-25-19)21(27-17)18-4-2-10-24-18/h2-7,10-11,14-15,24-25H,8-9,12-13H2,1H3,(H,26,30). The maximum Gasteiger partial charge on any atom is 0.321 e. The summed E-state index contributed by atoms with van der Waals surface area (Å²) >= 11 is 0. The Morgan fingerprint density at radius 2 is 1.60 bits per heavy atom. The number of rotatable bonds is 3. The van der Waals surface area contributed by atoms with Crippen molar-refractivity contribution in [3.63, 3.8) is 0 Å². The van der Waals surface area contributed by atoms with Crippen molar-refractivity contribution in [2.24, 2.45) is 5.92 Å². The van der Waals surface area contributed by atoms with Crippen molar-refractivity contribution in [1.82, 2.24) is 24.8 Å². The highest BCUT2D eigenvalue weighted by atomic mass is 16.2. The van der Waals surface area contributed by atoms with E-state index in [0.29, 0.717) is 5.92 Å². The molecule has 2 amide bonds. The quantitative estimate of drug-likeness (QED) is 0.458. The van der Waals surface area contributed by atoms with Crippen LogP contribution in [0, 0.1) is 5.92 Å². The summed E-state index contributed by atoms with van der Waals surface area (Å²) in [6.45, 7) is 3.84. The molecule has 30 heavy (non-hydrogen) atoms. The van der Waals surface area contributed by atoms with Crippen molar-refractivity contribution in [2.45, 2.75) is 19.8 Å². The number of carbonyl (C=O) groups excluding carboxylic acids is 1.